The third-order valence-electron chi connectivity index (χ3n) is 4.30. The summed E-state index contributed by atoms with van der Waals surface area (Å²) in [6.45, 7) is 10.4. The van der Waals surface area contributed by atoms with Crippen molar-refractivity contribution in [2.75, 3.05) is 19.7 Å². The van der Waals surface area contributed by atoms with Crippen LogP contribution in [0.15, 0.2) is 24.8 Å². The molecule has 2 rings (SSSR count). The Bertz CT molecular complexity index is 687. The van der Waals surface area contributed by atoms with Crippen LogP contribution in [0.25, 0.3) is 0 Å². The lowest BCUT2D eigenvalue weighted by atomic mass is 9.88. The SMILES string of the molecule is C=CCOc1ccc(Cl)c(Cl)c1C(O)C1CCCN(C(=O)OC(C)(C)C)C1. The van der Waals surface area contributed by atoms with Crippen molar-refractivity contribution in [2.45, 2.75) is 45.3 Å². The quantitative estimate of drug-likeness (QED) is 0.667. The zero-order valence-electron chi connectivity index (χ0n) is 16.0. The summed E-state index contributed by atoms with van der Waals surface area (Å²) in [5.41, 5.74) is -0.119. The highest BCUT2D eigenvalue weighted by atomic mass is 35.5. The molecule has 7 heteroatoms. The van der Waals surface area contributed by atoms with E-state index >= 15 is 0 Å². The minimum absolute atomic E-state index is 0.201. The molecule has 27 heavy (non-hydrogen) atoms. The second kappa shape index (κ2) is 9.18. The van der Waals surface area contributed by atoms with Crippen LogP contribution < -0.4 is 4.74 Å². The molecule has 5 nitrogen and oxygen atoms in total. The zero-order chi connectivity index (χ0) is 20.2. The highest BCUT2D eigenvalue weighted by molar-refractivity contribution is 6.42. The smallest absolute Gasteiger partial charge is 0.410 e. The lowest BCUT2D eigenvalue weighted by Gasteiger charge is -2.36. The Labute approximate surface area is 170 Å². The van der Waals surface area contributed by atoms with Gasteiger partial charge >= 0.3 is 6.09 Å². The van der Waals surface area contributed by atoms with Crippen LogP contribution in [0, 0.1) is 5.92 Å². The van der Waals surface area contributed by atoms with Crippen molar-refractivity contribution in [1.82, 2.24) is 4.90 Å². The van der Waals surface area contributed by atoms with E-state index in [4.69, 9.17) is 32.7 Å². The highest BCUT2D eigenvalue weighted by Gasteiger charge is 2.34. The first kappa shape index (κ1) is 21.9. The number of nitrogens with zero attached hydrogens (tertiary/aromatic N) is 1. The van der Waals surface area contributed by atoms with Crippen molar-refractivity contribution >= 4 is 29.3 Å². The molecule has 0 aliphatic carbocycles. The Kier molecular flexibility index (Phi) is 7.43. The molecular weight excluding hydrogens is 389 g/mol. The Morgan fingerprint density at radius 1 is 1.44 bits per heavy atom. The van der Waals surface area contributed by atoms with Crippen molar-refractivity contribution in [3.05, 3.63) is 40.4 Å². The molecule has 2 unspecified atom stereocenters. The number of carbonyl (C=O) groups is 1. The summed E-state index contributed by atoms with van der Waals surface area (Å²) in [5.74, 6) is 0.263. The van der Waals surface area contributed by atoms with Crippen molar-refractivity contribution in [3.63, 3.8) is 0 Å². The fraction of sp³-hybridized carbons (Fsp3) is 0.550. The molecule has 1 aliphatic rings. The molecule has 1 fully saturated rings. The summed E-state index contributed by atoms with van der Waals surface area (Å²) in [5, 5.41) is 11.6. The third-order valence-corrected chi connectivity index (χ3v) is 5.12. The first-order valence-corrected chi connectivity index (χ1v) is 9.77. The average molecular weight is 416 g/mol. The Hall–Kier alpha value is -1.43. The predicted octanol–water partition coefficient (Wildman–Crippen LogP) is 5.24. The Balaban J connectivity index is 2.21. The molecule has 1 aliphatic heterocycles. The minimum Gasteiger partial charge on any atom is -0.489 e. The van der Waals surface area contributed by atoms with Crippen LogP contribution >= 0.6 is 23.2 Å². The number of likely N-dealkylation sites (tertiary alicyclic amines) is 1. The summed E-state index contributed by atoms with van der Waals surface area (Å²) < 4.78 is 11.1. The van der Waals surface area contributed by atoms with Crippen molar-refractivity contribution in [2.24, 2.45) is 5.92 Å². The van der Waals surface area contributed by atoms with Gasteiger partial charge in [-0.2, -0.15) is 0 Å². The Morgan fingerprint density at radius 3 is 2.78 bits per heavy atom. The van der Waals surface area contributed by atoms with E-state index < -0.39 is 11.7 Å². The maximum atomic E-state index is 12.4. The van der Waals surface area contributed by atoms with Gasteiger partial charge in [0.2, 0.25) is 0 Å². The summed E-state index contributed by atoms with van der Waals surface area (Å²) in [6, 6.07) is 3.32. The number of ether oxygens (including phenoxy) is 2. The highest BCUT2D eigenvalue weighted by Crippen LogP contribution is 2.42. The molecule has 0 spiro atoms. The van der Waals surface area contributed by atoms with E-state index in [1.807, 2.05) is 20.8 Å². The lowest BCUT2D eigenvalue weighted by molar-refractivity contribution is 0.00208. The van der Waals surface area contributed by atoms with Gasteiger partial charge in [-0.3, -0.25) is 0 Å². The minimum atomic E-state index is -0.916. The molecule has 2 atom stereocenters. The van der Waals surface area contributed by atoms with Crippen LogP contribution in [0.1, 0.15) is 45.3 Å². The average Bonchev–Trinajstić information content (AvgIpc) is 2.61. The van der Waals surface area contributed by atoms with Gasteiger partial charge in [0.1, 0.15) is 18.0 Å². The molecule has 1 aromatic carbocycles. The molecule has 1 amide bonds. The van der Waals surface area contributed by atoms with E-state index in [9.17, 15) is 9.90 Å². The molecule has 0 aromatic heterocycles. The molecule has 1 N–H and O–H groups in total. The number of carbonyl (C=O) groups excluding carboxylic acids is 1. The number of piperidine rings is 1. The Morgan fingerprint density at radius 2 is 2.15 bits per heavy atom. The number of hydrogen-bond acceptors (Lipinski definition) is 4. The maximum absolute atomic E-state index is 12.4. The molecule has 0 radical (unpaired) electrons. The van der Waals surface area contributed by atoms with Crippen LogP contribution in [0.5, 0.6) is 5.75 Å². The summed E-state index contributed by atoms with van der Waals surface area (Å²) in [4.78, 5) is 14.0. The number of amides is 1. The number of halogens is 2. The van der Waals surface area contributed by atoms with Crippen LogP contribution in [0.4, 0.5) is 4.79 Å². The van der Waals surface area contributed by atoms with Crippen LogP contribution in [0.2, 0.25) is 10.0 Å². The first-order chi connectivity index (χ1) is 12.6. The standard InChI is InChI=1S/C20H27Cl2NO4/c1-5-11-26-15-9-8-14(21)17(22)16(15)18(24)13-7-6-10-23(12-13)19(25)27-20(2,3)4/h5,8-9,13,18,24H,1,6-7,10-12H2,2-4H3. The van der Waals surface area contributed by atoms with Gasteiger partial charge in [0.15, 0.2) is 0 Å². The van der Waals surface area contributed by atoms with Gasteiger partial charge in [-0.1, -0.05) is 35.9 Å². The van der Waals surface area contributed by atoms with Crippen LogP contribution in [-0.2, 0) is 4.74 Å². The maximum Gasteiger partial charge on any atom is 0.410 e. The van der Waals surface area contributed by atoms with E-state index in [0.29, 0.717) is 29.4 Å². The normalized spacial score (nSPS) is 18.7. The molecular formula is C20H27Cl2NO4. The van der Waals surface area contributed by atoms with E-state index in [1.54, 1.807) is 23.1 Å². The van der Waals surface area contributed by atoms with E-state index in [2.05, 4.69) is 6.58 Å². The van der Waals surface area contributed by atoms with Gasteiger partial charge in [0.25, 0.3) is 0 Å². The van der Waals surface area contributed by atoms with Crippen molar-refractivity contribution in [1.29, 1.82) is 0 Å². The van der Waals surface area contributed by atoms with E-state index in [-0.39, 0.29) is 23.6 Å². The molecule has 1 saturated heterocycles. The largest absolute Gasteiger partial charge is 0.489 e. The monoisotopic (exact) mass is 415 g/mol. The molecule has 150 valence electrons. The van der Waals surface area contributed by atoms with Crippen molar-refractivity contribution < 1.29 is 19.4 Å². The van der Waals surface area contributed by atoms with Gasteiger partial charge in [-0.15, -0.1) is 0 Å². The van der Waals surface area contributed by atoms with Crippen LogP contribution in [0.3, 0.4) is 0 Å². The van der Waals surface area contributed by atoms with Crippen molar-refractivity contribution in [3.8, 4) is 5.75 Å². The number of aliphatic hydroxyl groups excluding tert-OH is 1. The predicted molar refractivity (Wildman–Crippen MR) is 108 cm³/mol. The molecule has 1 heterocycles. The number of rotatable bonds is 5. The summed E-state index contributed by atoms with van der Waals surface area (Å²) in [6.07, 6.45) is 1.84. The summed E-state index contributed by atoms with van der Waals surface area (Å²) >= 11 is 12.5. The van der Waals surface area contributed by atoms with E-state index in [0.717, 1.165) is 12.8 Å². The first-order valence-electron chi connectivity index (χ1n) is 9.01. The van der Waals surface area contributed by atoms with Gasteiger partial charge < -0.3 is 19.5 Å². The lowest BCUT2D eigenvalue weighted by Crippen LogP contribution is -2.44. The van der Waals surface area contributed by atoms with Gasteiger partial charge in [0.05, 0.1) is 16.1 Å². The molecule has 0 saturated carbocycles. The molecule has 1 aromatic rings. The second-order valence-corrected chi connectivity index (χ2v) is 8.43. The van der Waals surface area contributed by atoms with Crippen LogP contribution in [-0.4, -0.2) is 41.4 Å². The zero-order valence-corrected chi connectivity index (χ0v) is 17.5. The topological polar surface area (TPSA) is 59.0 Å². The number of benzene rings is 1. The van der Waals surface area contributed by atoms with Gasteiger partial charge in [0, 0.05) is 24.6 Å². The fourth-order valence-corrected chi connectivity index (χ4v) is 3.53. The number of aliphatic hydroxyl groups is 1. The summed E-state index contributed by atoms with van der Waals surface area (Å²) in [7, 11) is 0. The van der Waals surface area contributed by atoms with E-state index in [1.165, 1.54) is 0 Å². The number of hydrogen-bond donors (Lipinski definition) is 1. The third kappa shape index (κ3) is 5.77. The second-order valence-electron chi connectivity index (χ2n) is 7.65. The molecule has 0 bridgehead atoms. The van der Waals surface area contributed by atoms with Gasteiger partial charge in [-0.25, -0.2) is 4.79 Å². The fourth-order valence-electron chi connectivity index (χ4n) is 3.09. The van der Waals surface area contributed by atoms with Gasteiger partial charge in [-0.05, 0) is 45.7 Å².